The molecule has 0 aliphatic rings. The van der Waals surface area contributed by atoms with Gasteiger partial charge in [0.2, 0.25) is 0 Å². The molecular weight excluding hydrogens is 286 g/mol. The van der Waals surface area contributed by atoms with Gasteiger partial charge in [-0.2, -0.15) is 0 Å². The summed E-state index contributed by atoms with van der Waals surface area (Å²) in [4.78, 5) is 16.7. The minimum Gasteiger partial charge on any atom is -0.464 e. The molecule has 3 nitrogen and oxygen atoms in total. The molecule has 2 rings (SSSR count). The van der Waals surface area contributed by atoms with Crippen molar-refractivity contribution < 1.29 is 9.53 Å². The molecule has 0 saturated heterocycles. The van der Waals surface area contributed by atoms with Gasteiger partial charge in [-0.25, -0.2) is 4.79 Å². The molecule has 0 radical (unpaired) electrons. The van der Waals surface area contributed by atoms with Gasteiger partial charge < -0.3 is 4.74 Å². The number of carbonyl (C=O) groups is 1. The highest BCUT2D eigenvalue weighted by molar-refractivity contribution is 6.13. The van der Waals surface area contributed by atoms with Crippen LogP contribution >= 0.6 is 0 Å². The van der Waals surface area contributed by atoms with E-state index in [9.17, 15) is 4.79 Å². The number of benzene rings is 2. The summed E-state index contributed by atoms with van der Waals surface area (Å²) in [5.41, 5.74) is 2.61. The molecule has 0 bridgehead atoms. The van der Waals surface area contributed by atoms with Gasteiger partial charge in [0.15, 0.2) is 6.04 Å². The topological polar surface area (TPSA) is 38.7 Å². The van der Waals surface area contributed by atoms with E-state index in [0.29, 0.717) is 6.61 Å². The van der Waals surface area contributed by atoms with Gasteiger partial charge in [-0.15, -0.1) is 12.3 Å². The van der Waals surface area contributed by atoms with Crippen molar-refractivity contribution in [3.63, 3.8) is 0 Å². The molecule has 0 amide bonds. The van der Waals surface area contributed by atoms with Crippen molar-refractivity contribution in [1.82, 2.24) is 0 Å². The van der Waals surface area contributed by atoms with Gasteiger partial charge in [0.1, 0.15) is 0 Å². The Morgan fingerprint density at radius 1 is 1.09 bits per heavy atom. The van der Waals surface area contributed by atoms with Gasteiger partial charge in [-0.1, -0.05) is 60.7 Å². The number of terminal acetylenes is 1. The SMILES string of the molecule is C#CCC(N=C(c1ccccc1)c1ccccc1)C(=O)OCC. The molecule has 2 aromatic carbocycles. The monoisotopic (exact) mass is 305 g/mol. The third-order valence-electron chi connectivity index (χ3n) is 3.25. The van der Waals surface area contributed by atoms with Crippen molar-refractivity contribution in [2.75, 3.05) is 6.61 Å². The van der Waals surface area contributed by atoms with Gasteiger partial charge in [-0.05, 0) is 6.92 Å². The van der Waals surface area contributed by atoms with E-state index in [4.69, 9.17) is 11.2 Å². The summed E-state index contributed by atoms with van der Waals surface area (Å²) in [5.74, 6) is 2.11. The van der Waals surface area contributed by atoms with Crippen molar-refractivity contribution in [3.8, 4) is 12.3 Å². The Hall–Kier alpha value is -2.86. The summed E-state index contributed by atoms with van der Waals surface area (Å²) in [6, 6.07) is 18.8. The van der Waals surface area contributed by atoms with Gasteiger partial charge in [0.05, 0.1) is 12.3 Å². The second kappa shape index (κ2) is 8.55. The highest BCUT2D eigenvalue weighted by atomic mass is 16.5. The number of hydrogen-bond acceptors (Lipinski definition) is 3. The first-order valence-corrected chi connectivity index (χ1v) is 7.55. The molecule has 1 unspecified atom stereocenters. The first-order chi connectivity index (χ1) is 11.3. The third-order valence-corrected chi connectivity index (χ3v) is 3.25. The summed E-state index contributed by atoms with van der Waals surface area (Å²) in [5, 5.41) is 0. The summed E-state index contributed by atoms with van der Waals surface area (Å²) in [7, 11) is 0. The van der Waals surface area contributed by atoms with Crippen LogP contribution in [0.5, 0.6) is 0 Å². The van der Waals surface area contributed by atoms with Crippen molar-refractivity contribution in [1.29, 1.82) is 0 Å². The Morgan fingerprint density at radius 2 is 1.61 bits per heavy atom. The lowest BCUT2D eigenvalue weighted by Crippen LogP contribution is -2.23. The van der Waals surface area contributed by atoms with Gasteiger partial charge in [-0.3, -0.25) is 4.99 Å². The van der Waals surface area contributed by atoms with Crippen LogP contribution in [0.4, 0.5) is 0 Å². The zero-order chi connectivity index (χ0) is 16.5. The van der Waals surface area contributed by atoms with Crippen LogP contribution < -0.4 is 0 Å². The number of aliphatic imine (C=N–C) groups is 1. The standard InChI is InChI=1S/C20H19NO2/c1-3-11-18(20(22)23-4-2)21-19(16-12-7-5-8-13-16)17-14-9-6-10-15-17/h1,5-10,12-15,18H,4,11H2,2H3. The maximum atomic E-state index is 12.1. The van der Waals surface area contributed by atoms with Gasteiger partial charge in [0, 0.05) is 17.5 Å². The zero-order valence-corrected chi connectivity index (χ0v) is 13.1. The second-order valence-corrected chi connectivity index (χ2v) is 4.89. The highest BCUT2D eigenvalue weighted by Gasteiger charge is 2.19. The highest BCUT2D eigenvalue weighted by Crippen LogP contribution is 2.14. The number of esters is 1. The zero-order valence-electron chi connectivity index (χ0n) is 13.1. The minimum absolute atomic E-state index is 0.210. The van der Waals surface area contributed by atoms with Crippen LogP contribution in [0.3, 0.4) is 0 Å². The Balaban J connectivity index is 2.47. The van der Waals surface area contributed by atoms with Crippen LogP contribution in [-0.4, -0.2) is 24.3 Å². The van der Waals surface area contributed by atoms with Crippen LogP contribution in [0.1, 0.15) is 24.5 Å². The fourth-order valence-electron chi connectivity index (χ4n) is 2.20. The molecule has 1 atom stereocenters. The fraction of sp³-hybridized carbons (Fsp3) is 0.200. The van der Waals surface area contributed by atoms with Crippen molar-refractivity contribution >= 4 is 11.7 Å². The summed E-state index contributed by atoms with van der Waals surface area (Å²) in [6.45, 7) is 2.07. The molecule has 0 N–H and O–H groups in total. The summed E-state index contributed by atoms with van der Waals surface area (Å²) >= 11 is 0. The molecule has 0 aromatic heterocycles. The third kappa shape index (κ3) is 4.55. The number of nitrogens with zero attached hydrogens (tertiary/aromatic N) is 1. The Bertz CT molecular complexity index is 658. The van der Waals surface area contributed by atoms with Gasteiger partial charge >= 0.3 is 5.97 Å². The lowest BCUT2D eigenvalue weighted by molar-refractivity contribution is -0.144. The summed E-state index contributed by atoms with van der Waals surface area (Å²) in [6.07, 6.45) is 5.60. The van der Waals surface area contributed by atoms with Crippen LogP contribution in [0.2, 0.25) is 0 Å². The molecule has 2 aromatic rings. The summed E-state index contributed by atoms with van der Waals surface area (Å²) < 4.78 is 5.09. The molecule has 0 heterocycles. The predicted octanol–water partition coefficient (Wildman–Crippen LogP) is 3.48. The van der Waals surface area contributed by atoms with E-state index in [2.05, 4.69) is 10.9 Å². The van der Waals surface area contributed by atoms with Crippen molar-refractivity contribution in [2.24, 2.45) is 4.99 Å². The largest absolute Gasteiger partial charge is 0.464 e. The predicted molar refractivity (Wildman–Crippen MR) is 92.4 cm³/mol. The van der Waals surface area contributed by atoms with E-state index in [-0.39, 0.29) is 6.42 Å². The normalized spacial score (nSPS) is 11.1. The molecule has 116 valence electrons. The lowest BCUT2D eigenvalue weighted by Gasteiger charge is -2.13. The number of ether oxygens (including phenoxy) is 1. The fourth-order valence-corrected chi connectivity index (χ4v) is 2.20. The molecule has 0 aliphatic heterocycles. The van der Waals surface area contributed by atoms with E-state index in [1.54, 1.807) is 6.92 Å². The van der Waals surface area contributed by atoms with E-state index in [0.717, 1.165) is 16.8 Å². The maximum absolute atomic E-state index is 12.1. The Labute approximate surface area is 137 Å². The average Bonchev–Trinajstić information content (AvgIpc) is 2.60. The lowest BCUT2D eigenvalue weighted by atomic mass is 10.0. The maximum Gasteiger partial charge on any atom is 0.331 e. The van der Waals surface area contributed by atoms with Crippen LogP contribution in [-0.2, 0) is 9.53 Å². The average molecular weight is 305 g/mol. The minimum atomic E-state index is -0.699. The van der Waals surface area contributed by atoms with Crippen molar-refractivity contribution in [3.05, 3.63) is 71.8 Å². The van der Waals surface area contributed by atoms with E-state index in [1.165, 1.54) is 0 Å². The second-order valence-electron chi connectivity index (χ2n) is 4.89. The quantitative estimate of drug-likeness (QED) is 0.465. The first kappa shape index (κ1) is 16.5. The van der Waals surface area contributed by atoms with Crippen LogP contribution in [0.25, 0.3) is 0 Å². The number of hydrogen-bond donors (Lipinski definition) is 0. The van der Waals surface area contributed by atoms with E-state index < -0.39 is 12.0 Å². The van der Waals surface area contributed by atoms with Crippen LogP contribution in [0.15, 0.2) is 65.7 Å². The van der Waals surface area contributed by atoms with Crippen molar-refractivity contribution in [2.45, 2.75) is 19.4 Å². The molecular formula is C20H19NO2. The molecule has 0 spiro atoms. The molecule has 0 fully saturated rings. The molecule has 0 aliphatic carbocycles. The van der Waals surface area contributed by atoms with Crippen LogP contribution in [0, 0.1) is 12.3 Å². The Morgan fingerprint density at radius 3 is 2.04 bits per heavy atom. The molecule has 23 heavy (non-hydrogen) atoms. The number of rotatable bonds is 6. The van der Waals surface area contributed by atoms with E-state index in [1.807, 2.05) is 60.7 Å². The first-order valence-electron chi connectivity index (χ1n) is 7.55. The Kier molecular flexibility index (Phi) is 6.14. The molecule has 3 heteroatoms. The smallest absolute Gasteiger partial charge is 0.331 e. The number of carbonyl (C=O) groups excluding carboxylic acids is 1. The van der Waals surface area contributed by atoms with E-state index >= 15 is 0 Å². The molecule has 0 saturated carbocycles. The van der Waals surface area contributed by atoms with Gasteiger partial charge in [0.25, 0.3) is 0 Å².